The fraction of sp³-hybridized carbons (Fsp3) is 0.467. The molecule has 22 heavy (non-hydrogen) atoms. The lowest BCUT2D eigenvalue weighted by Crippen LogP contribution is -2.38. The average molecular weight is 325 g/mol. The minimum absolute atomic E-state index is 0.0457. The third kappa shape index (κ3) is 4.30. The zero-order valence-electron chi connectivity index (χ0n) is 12.4. The molecule has 0 bridgehead atoms. The maximum atomic E-state index is 11.9. The minimum atomic E-state index is -3.39. The summed E-state index contributed by atoms with van der Waals surface area (Å²) >= 11 is 0. The summed E-state index contributed by atoms with van der Waals surface area (Å²) < 4.78 is 27.9. The Morgan fingerprint density at radius 3 is 2.50 bits per heavy atom. The molecule has 0 aromatic heterocycles. The highest BCUT2D eigenvalue weighted by Crippen LogP contribution is 2.13. The molecule has 2 rings (SSSR count). The van der Waals surface area contributed by atoms with Crippen LogP contribution in [-0.2, 0) is 19.4 Å². The van der Waals surface area contributed by atoms with Gasteiger partial charge < -0.3 is 9.64 Å². The van der Waals surface area contributed by atoms with Crippen LogP contribution in [0.3, 0.4) is 0 Å². The summed E-state index contributed by atoms with van der Waals surface area (Å²) in [5, 5.41) is 0. The van der Waals surface area contributed by atoms with Gasteiger partial charge in [0.1, 0.15) is 0 Å². The molecular formula is C15H19NO5S. The first-order valence-electron chi connectivity index (χ1n) is 7.13. The van der Waals surface area contributed by atoms with Crippen LogP contribution in [0.2, 0.25) is 0 Å². The van der Waals surface area contributed by atoms with Crippen molar-refractivity contribution in [2.24, 2.45) is 0 Å². The van der Waals surface area contributed by atoms with Crippen molar-refractivity contribution >= 4 is 21.7 Å². The number of hydrogen-bond donors (Lipinski definition) is 0. The van der Waals surface area contributed by atoms with E-state index in [-0.39, 0.29) is 23.0 Å². The molecule has 1 amide bonds. The van der Waals surface area contributed by atoms with Crippen molar-refractivity contribution in [3.63, 3.8) is 0 Å². The van der Waals surface area contributed by atoms with E-state index < -0.39 is 15.8 Å². The third-order valence-corrected chi connectivity index (χ3v) is 4.64. The van der Waals surface area contributed by atoms with Crippen LogP contribution in [0.5, 0.6) is 0 Å². The van der Waals surface area contributed by atoms with Crippen molar-refractivity contribution < 1.29 is 22.7 Å². The fourth-order valence-electron chi connectivity index (χ4n) is 2.30. The number of carbonyl (C=O) groups excluding carboxylic acids is 2. The second kappa shape index (κ2) is 6.91. The molecule has 0 radical (unpaired) electrons. The average Bonchev–Trinajstić information content (AvgIpc) is 2.52. The van der Waals surface area contributed by atoms with Gasteiger partial charge >= 0.3 is 5.97 Å². The van der Waals surface area contributed by atoms with Gasteiger partial charge in [-0.3, -0.25) is 4.79 Å². The first kappa shape index (κ1) is 16.5. The topological polar surface area (TPSA) is 80.7 Å². The number of ether oxygens (including phenoxy) is 1. The number of carbonyl (C=O) groups is 2. The highest BCUT2D eigenvalue weighted by molar-refractivity contribution is 7.90. The van der Waals surface area contributed by atoms with Crippen molar-refractivity contribution in [3.8, 4) is 0 Å². The number of esters is 1. The zero-order chi connectivity index (χ0) is 16.2. The molecular weight excluding hydrogens is 306 g/mol. The molecule has 6 nitrogen and oxygen atoms in total. The molecule has 1 fully saturated rings. The number of hydrogen-bond acceptors (Lipinski definition) is 5. The van der Waals surface area contributed by atoms with E-state index in [0.29, 0.717) is 13.1 Å². The molecule has 1 aliphatic heterocycles. The quantitative estimate of drug-likeness (QED) is 0.779. The first-order chi connectivity index (χ1) is 10.4. The number of amides is 1. The van der Waals surface area contributed by atoms with Gasteiger partial charge in [-0.25, -0.2) is 13.2 Å². The van der Waals surface area contributed by atoms with Crippen LogP contribution in [0.15, 0.2) is 29.2 Å². The van der Waals surface area contributed by atoms with Crippen LogP contribution in [-0.4, -0.2) is 51.1 Å². The highest BCUT2D eigenvalue weighted by Gasteiger charge is 2.19. The Morgan fingerprint density at radius 2 is 1.86 bits per heavy atom. The summed E-state index contributed by atoms with van der Waals surface area (Å²) in [6, 6.07) is 5.59. The largest absolute Gasteiger partial charge is 0.452 e. The van der Waals surface area contributed by atoms with Gasteiger partial charge in [0, 0.05) is 19.3 Å². The Bertz CT molecular complexity index is 662. The molecule has 1 aromatic rings. The lowest BCUT2D eigenvalue weighted by molar-refractivity contribution is -0.135. The van der Waals surface area contributed by atoms with Crippen LogP contribution in [0.1, 0.15) is 29.6 Å². The molecule has 0 saturated carbocycles. The van der Waals surface area contributed by atoms with Gasteiger partial charge in [0.15, 0.2) is 16.4 Å². The number of nitrogens with zero attached hydrogens (tertiary/aromatic N) is 1. The summed E-state index contributed by atoms with van der Waals surface area (Å²) in [7, 11) is -3.39. The molecule has 0 aliphatic carbocycles. The van der Waals surface area contributed by atoms with Gasteiger partial charge in [0.2, 0.25) is 0 Å². The van der Waals surface area contributed by atoms with Crippen molar-refractivity contribution in [1.29, 1.82) is 0 Å². The van der Waals surface area contributed by atoms with Crippen LogP contribution in [0.25, 0.3) is 0 Å². The van der Waals surface area contributed by atoms with Crippen LogP contribution >= 0.6 is 0 Å². The molecule has 7 heteroatoms. The number of benzene rings is 1. The molecule has 1 aliphatic rings. The Kier molecular flexibility index (Phi) is 5.18. The van der Waals surface area contributed by atoms with Gasteiger partial charge in [-0.05, 0) is 37.5 Å². The Hall–Kier alpha value is -1.89. The number of rotatable bonds is 4. The number of sulfone groups is 1. The van der Waals surface area contributed by atoms with Crippen LogP contribution in [0.4, 0.5) is 0 Å². The zero-order valence-corrected chi connectivity index (χ0v) is 13.3. The minimum Gasteiger partial charge on any atom is -0.452 e. The standard InChI is InChI=1S/C15H19NO5S/c1-22(19,20)13-7-5-6-12(10-13)15(18)21-11-14(17)16-8-3-2-4-9-16/h5-7,10H,2-4,8-9,11H2,1H3. The first-order valence-corrected chi connectivity index (χ1v) is 9.02. The number of likely N-dealkylation sites (tertiary alicyclic amines) is 1. The third-order valence-electron chi connectivity index (χ3n) is 3.53. The maximum absolute atomic E-state index is 11.9. The molecule has 1 saturated heterocycles. The molecule has 0 unspecified atom stereocenters. The van der Waals surface area contributed by atoms with E-state index in [2.05, 4.69) is 0 Å². The summed E-state index contributed by atoms with van der Waals surface area (Å²) in [6.07, 6.45) is 4.12. The molecule has 0 atom stereocenters. The summed E-state index contributed by atoms with van der Waals surface area (Å²) in [5.74, 6) is -0.914. The van der Waals surface area contributed by atoms with E-state index in [1.165, 1.54) is 24.3 Å². The lowest BCUT2D eigenvalue weighted by atomic mass is 10.1. The van der Waals surface area contributed by atoms with Gasteiger partial charge in [0.05, 0.1) is 10.5 Å². The fourth-order valence-corrected chi connectivity index (χ4v) is 2.97. The molecule has 1 heterocycles. The Labute approximate surface area is 130 Å². The summed E-state index contributed by atoms with van der Waals surface area (Å²) in [6.45, 7) is 1.07. The van der Waals surface area contributed by atoms with E-state index in [1.807, 2.05) is 0 Å². The summed E-state index contributed by atoms with van der Waals surface area (Å²) in [5.41, 5.74) is 0.120. The van der Waals surface area contributed by atoms with Crippen molar-refractivity contribution in [2.45, 2.75) is 24.2 Å². The number of piperidine rings is 1. The Balaban J connectivity index is 1.96. The second-order valence-corrected chi connectivity index (χ2v) is 7.33. The molecule has 0 N–H and O–H groups in total. The molecule has 1 aromatic carbocycles. The Morgan fingerprint density at radius 1 is 1.18 bits per heavy atom. The predicted molar refractivity (Wildman–Crippen MR) is 80.3 cm³/mol. The van der Waals surface area contributed by atoms with E-state index in [9.17, 15) is 18.0 Å². The van der Waals surface area contributed by atoms with E-state index in [1.54, 1.807) is 4.90 Å². The normalized spacial score (nSPS) is 15.4. The summed E-state index contributed by atoms with van der Waals surface area (Å²) in [4.78, 5) is 25.6. The van der Waals surface area contributed by atoms with E-state index >= 15 is 0 Å². The van der Waals surface area contributed by atoms with E-state index in [0.717, 1.165) is 25.5 Å². The highest BCUT2D eigenvalue weighted by atomic mass is 32.2. The van der Waals surface area contributed by atoms with Crippen LogP contribution < -0.4 is 0 Å². The molecule has 120 valence electrons. The molecule has 0 spiro atoms. The lowest BCUT2D eigenvalue weighted by Gasteiger charge is -2.26. The maximum Gasteiger partial charge on any atom is 0.338 e. The monoisotopic (exact) mass is 325 g/mol. The SMILES string of the molecule is CS(=O)(=O)c1cccc(C(=O)OCC(=O)N2CCCCC2)c1. The van der Waals surface area contributed by atoms with Gasteiger partial charge in [0.25, 0.3) is 5.91 Å². The van der Waals surface area contributed by atoms with Crippen molar-refractivity contribution in [2.75, 3.05) is 26.0 Å². The van der Waals surface area contributed by atoms with Crippen LogP contribution in [0, 0.1) is 0 Å². The predicted octanol–water partition coefficient (Wildman–Crippen LogP) is 1.26. The smallest absolute Gasteiger partial charge is 0.338 e. The van der Waals surface area contributed by atoms with E-state index in [4.69, 9.17) is 4.74 Å². The van der Waals surface area contributed by atoms with Gasteiger partial charge in [-0.2, -0.15) is 0 Å². The van der Waals surface area contributed by atoms with Gasteiger partial charge in [-0.15, -0.1) is 0 Å². The van der Waals surface area contributed by atoms with Crippen molar-refractivity contribution in [3.05, 3.63) is 29.8 Å². The van der Waals surface area contributed by atoms with Crippen molar-refractivity contribution in [1.82, 2.24) is 4.90 Å². The van der Waals surface area contributed by atoms with Gasteiger partial charge in [-0.1, -0.05) is 6.07 Å². The second-order valence-electron chi connectivity index (χ2n) is 5.32.